The van der Waals surface area contributed by atoms with Gasteiger partial charge in [0.1, 0.15) is 5.75 Å². The zero-order valence-corrected chi connectivity index (χ0v) is 19.1. The number of hydrogen-bond donors (Lipinski definition) is 2. The molecule has 0 aliphatic carbocycles. The molecule has 3 N–H and O–H groups in total. The van der Waals surface area contributed by atoms with Gasteiger partial charge in [-0.05, 0) is 43.2 Å². The molecular weight excluding hydrogens is 456 g/mol. The van der Waals surface area contributed by atoms with Crippen LogP contribution in [0, 0.1) is 5.92 Å². The average Bonchev–Trinajstić information content (AvgIpc) is 3.37. The molecular formula is C23H24N6O4S. The molecule has 11 heteroatoms. The zero-order chi connectivity index (χ0) is 23.7. The first-order valence-electron chi connectivity index (χ1n) is 10.9. The Labute approximate surface area is 197 Å². The lowest BCUT2D eigenvalue weighted by Gasteiger charge is -2.33. The number of nitrogens with one attached hydrogen (secondary N) is 1. The van der Waals surface area contributed by atoms with Crippen LogP contribution in [0.25, 0.3) is 5.69 Å². The smallest absolute Gasteiger partial charge is 0.344 e. The summed E-state index contributed by atoms with van der Waals surface area (Å²) < 4.78 is 37.4. The summed E-state index contributed by atoms with van der Waals surface area (Å²) >= 11 is 0. The zero-order valence-electron chi connectivity index (χ0n) is 18.3. The molecule has 3 heterocycles. The van der Waals surface area contributed by atoms with Crippen molar-refractivity contribution in [3.8, 4) is 11.4 Å². The first-order chi connectivity index (χ1) is 16.4. The van der Waals surface area contributed by atoms with Crippen LogP contribution >= 0.6 is 0 Å². The Hall–Kier alpha value is -3.86. The Kier molecular flexibility index (Phi) is 5.70. The number of amidine groups is 1. The van der Waals surface area contributed by atoms with Crippen molar-refractivity contribution in [2.45, 2.75) is 12.8 Å². The second kappa shape index (κ2) is 8.82. The minimum absolute atomic E-state index is 0.0189. The number of ether oxygens (including phenoxy) is 1. The normalized spacial score (nSPS) is 19.0. The van der Waals surface area contributed by atoms with Gasteiger partial charge in [0.25, 0.3) is 5.91 Å². The van der Waals surface area contributed by atoms with Gasteiger partial charge in [0.2, 0.25) is 0 Å². The molecule has 176 valence electrons. The molecule has 0 spiro atoms. The number of imidazole rings is 1. The topological polar surface area (TPSA) is 132 Å². The maximum atomic E-state index is 13.2. The second-order valence-corrected chi connectivity index (χ2v) is 9.66. The van der Waals surface area contributed by atoms with Gasteiger partial charge in [-0.25, -0.2) is 4.98 Å². The van der Waals surface area contributed by atoms with E-state index in [-0.39, 0.29) is 17.7 Å². The highest BCUT2D eigenvalue weighted by molar-refractivity contribution is 7.91. The van der Waals surface area contributed by atoms with E-state index in [0.29, 0.717) is 42.3 Å². The van der Waals surface area contributed by atoms with E-state index in [1.165, 1.54) is 0 Å². The van der Waals surface area contributed by atoms with Crippen LogP contribution in [0.5, 0.6) is 5.75 Å². The summed E-state index contributed by atoms with van der Waals surface area (Å²) in [7, 11) is -3.85. The Morgan fingerprint density at radius 3 is 2.91 bits per heavy atom. The Morgan fingerprint density at radius 2 is 2.09 bits per heavy atom. The summed E-state index contributed by atoms with van der Waals surface area (Å²) in [4.78, 5) is 19.1. The molecule has 1 saturated heterocycles. The summed E-state index contributed by atoms with van der Waals surface area (Å²) in [5.74, 6) is 0.457. The fourth-order valence-corrected chi connectivity index (χ4v) is 5.17. The Morgan fingerprint density at radius 1 is 1.24 bits per heavy atom. The van der Waals surface area contributed by atoms with Crippen LogP contribution in [-0.4, -0.2) is 54.3 Å². The van der Waals surface area contributed by atoms with Crippen LogP contribution in [0.3, 0.4) is 0 Å². The number of likely N-dealkylation sites (tertiary alicyclic amines) is 1. The first kappa shape index (κ1) is 22.0. The van der Waals surface area contributed by atoms with Gasteiger partial charge in [-0.3, -0.25) is 9.52 Å². The Bertz CT molecular complexity index is 1350. The standard InChI is InChI=1S/C23H24N6O4S/c24-22-21-19(26-34(31,32)27-22)7-2-8-20(21)33-14-16-4-3-10-28(13-16)23(30)17-5-1-6-18(12-17)29-11-9-25-15-29/h1-2,5-9,11-12,15-16,26H,3-4,10,13-14H2,(H2,24,27). The fourth-order valence-electron chi connectivity index (χ4n) is 4.32. The van der Waals surface area contributed by atoms with E-state index in [4.69, 9.17) is 10.5 Å². The van der Waals surface area contributed by atoms with Crippen molar-refractivity contribution in [2.24, 2.45) is 16.0 Å². The van der Waals surface area contributed by atoms with Gasteiger partial charge < -0.3 is 19.9 Å². The van der Waals surface area contributed by atoms with E-state index in [9.17, 15) is 13.2 Å². The van der Waals surface area contributed by atoms with Crippen molar-refractivity contribution in [3.63, 3.8) is 0 Å². The molecule has 5 rings (SSSR count). The lowest BCUT2D eigenvalue weighted by atomic mass is 9.98. The predicted molar refractivity (Wildman–Crippen MR) is 127 cm³/mol. The van der Waals surface area contributed by atoms with Crippen molar-refractivity contribution >= 4 is 27.6 Å². The third-order valence-corrected chi connectivity index (χ3v) is 6.83. The van der Waals surface area contributed by atoms with Crippen LogP contribution < -0.4 is 15.2 Å². The van der Waals surface area contributed by atoms with Crippen LogP contribution in [0.4, 0.5) is 5.69 Å². The van der Waals surface area contributed by atoms with E-state index < -0.39 is 10.2 Å². The van der Waals surface area contributed by atoms with Gasteiger partial charge in [-0.1, -0.05) is 12.1 Å². The molecule has 1 unspecified atom stereocenters. The van der Waals surface area contributed by atoms with Crippen LogP contribution in [0.2, 0.25) is 0 Å². The molecule has 0 bridgehead atoms. The first-order valence-corrected chi connectivity index (χ1v) is 12.4. The van der Waals surface area contributed by atoms with Gasteiger partial charge in [-0.2, -0.15) is 8.42 Å². The second-order valence-electron chi connectivity index (χ2n) is 8.32. The molecule has 0 radical (unpaired) electrons. The highest BCUT2D eigenvalue weighted by Gasteiger charge is 2.27. The third kappa shape index (κ3) is 4.46. The van der Waals surface area contributed by atoms with E-state index in [1.54, 1.807) is 30.7 Å². The molecule has 34 heavy (non-hydrogen) atoms. The van der Waals surface area contributed by atoms with E-state index in [2.05, 4.69) is 14.1 Å². The lowest BCUT2D eigenvalue weighted by molar-refractivity contribution is 0.0633. The SMILES string of the molecule is NC1=NS(=O)(=O)Nc2cccc(OCC3CCCN(C(=O)c4cccc(-n5ccnc5)c4)C3)c21. The van der Waals surface area contributed by atoms with E-state index in [1.807, 2.05) is 39.9 Å². The fraction of sp³-hybridized carbons (Fsp3) is 0.261. The average molecular weight is 481 g/mol. The molecule has 1 aromatic heterocycles. The molecule has 2 aliphatic rings. The van der Waals surface area contributed by atoms with Crippen molar-refractivity contribution in [3.05, 3.63) is 72.3 Å². The molecule has 1 amide bonds. The molecule has 3 aromatic rings. The monoisotopic (exact) mass is 480 g/mol. The number of rotatable bonds is 5. The molecule has 10 nitrogen and oxygen atoms in total. The Balaban J connectivity index is 1.27. The number of aromatic nitrogens is 2. The van der Waals surface area contributed by atoms with Crippen molar-refractivity contribution in [1.82, 2.24) is 14.5 Å². The summed E-state index contributed by atoms with van der Waals surface area (Å²) in [6, 6.07) is 12.5. The van der Waals surface area contributed by atoms with Gasteiger partial charge in [-0.15, -0.1) is 4.40 Å². The van der Waals surface area contributed by atoms with E-state index >= 15 is 0 Å². The number of amides is 1. The predicted octanol–water partition coefficient (Wildman–Crippen LogP) is 2.18. The minimum Gasteiger partial charge on any atom is -0.492 e. The maximum Gasteiger partial charge on any atom is 0.344 e. The molecule has 2 aliphatic heterocycles. The third-order valence-electron chi connectivity index (χ3n) is 5.92. The van der Waals surface area contributed by atoms with Crippen LogP contribution in [0.15, 0.2) is 65.6 Å². The molecule has 1 fully saturated rings. The number of nitrogens with two attached hydrogens (primary N) is 1. The van der Waals surface area contributed by atoms with Crippen molar-refractivity contribution in [2.75, 3.05) is 24.4 Å². The van der Waals surface area contributed by atoms with Gasteiger partial charge in [0, 0.05) is 42.7 Å². The van der Waals surface area contributed by atoms with Gasteiger partial charge >= 0.3 is 10.2 Å². The number of carbonyl (C=O) groups is 1. The maximum absolute atomic E-state index is 13.2. The number of fused-ring (bicyclic) bond motifs is 1. The number of anilines is 1. The van der Waals surface area contributed by atoms with Gasteiger partial charge in [0.05, 0.1) is 24.2 Å². The molecule has 0 saturated carbocycles. The molecule has 1 atom stereocenters. The van der Waals surface area contributed by atoms with Crippen molar-refractivity contribution < 1.29 is 17.9 Å². The molecule has 2 aromatic carbocycles. The van der Waals surface area contributed by atoms with Crippen LogP contribution in [-0.2, 0) is 10.2 Å². The lowest BCUT2D eigenvalue weighted by Crippen LogP contribution is -2.41. The summed E-state index contributed by atoms with van der Waals surface area (Å²) in [5, 5.41) is 0. The number of carbonyl (C=O) groups excluding carboxylic acids is 1. The number of benzene rings is 2. The summed E-state index contributed by atoms with van der Waals surface area (Å²) in [5.41, 5.74) is 8.17. The van der Waals surface area contributed by atoms with Gasteiger partial charge in [0.15, 0.2) is 5.84 Å². The number of hydrogen-bond acceptors (Lipinski definition) is 6. The summed E-state index contributed by atoms with van der Waals surface area (Å²) in [6.07, 6.45) is 7.02. The van der Waals surface area contributed by atoms with Crippen LogP contribution in [0.1, 0.15) is 28.8 Å². The number of nitrogens with zero attached hydrogens (tertiary/aromatic N) is 4. The number of piperidine rings is 1. The highest BCUT2D eigenvalue weighted by Crippen LogP contribution is 2.31. The largest absolute Gasteiger partial charge is 0.492 e. The van der Waals surface area contributed by atoms with E-state index in [0.717, 1.165) is 18.5 Å². The van der Waals surface area contributed by atoms with Crippen molar-refractivity contribution in [1.29, 1.82) is 0 Å². The quantitative estimate of drug-likeness (QED) is 0.575. The summed E-state index contributed by atoms with van der Waals surface area (Å²) in [6.45, 7) is 1.63. The minimum atomic E-state index is -3.85. The highest BCUT2D eigenvalue weighted by atomic mass is 32.2.